The van der Waals surface area contributed by atoms with E-state index in [1.54, 1.807) is 21.1 Å². The van der Waals surface area contributed by atoms with Gasteiger partial charge in [-0.25, -0.2) is 4.39 Å². The number of aliphatic hydroxyl groups excluding tert-OH is 1. The van der Waals surface area contributed by atoms with Crippen molar-refractivity contribution < 1.29 is 53.5 Å². The zero-order valence-electron chi connectivity index (χ0n) is 14.8. The van der Waals surface area contributed by atoms with Gasteiger partial charge in [0.2, 0.25) is 0 Å². The molecule has 0 saturated carbocycles. The first-order valence-corrected chi connectivity index (χ1v) is 8.81. The Labute approximate surface area is 154 Å². The topological polar surface area (TPSA) is 20.2 Å². The fourth-order valence-corrected chi connectivity index (χ4v) is 3.24. The fraction of sp³-hybridized carbons (Fsp3) is 1.00. The first kappa shape index (κ1) is 26.6. The molecule has 2 unspecified atom stereocenters. The smallest absolute Gasteiger partial charge is 0.386 e. The molecule has 0 aliphatic carbocycles. The minimum atomic E-state index is -6.53. The molecule has 2 nitrogen and oxygen atoms in total. The van der Waals surface area contributed by atoms with Crippen LogP contribution in [0.25, 0.3) is 0 Å². The van der Waals surface area contributed by atoms with Gasteiger partial charge in [-0.3, -0.25) is 0 Å². The molecule has 0 spiro atoms. The van der Waals surface area contributed by atoms with E-state index in [9.17, 15) is 49.0 Å². The predicted octanol–water partition coefficient (Wildman–Crippen LogP) is 4.58. The van der Waals surface area contributed by atoms with Crippen molar-refractivity contribution in [2.45, 2.75) is 43.1 Å². The molecule has 27 heavy (non-hydrogen) atoms. The molecule has 0 aromatic carbocycles. The van der Waals surface area contributed by atoms with Gasteiger partial charge in [0, 0.05) is 12.2 Å². The second-order valence-corrected chi connectivity index (χ2v) is 8.38. The van der Waals surface area contributed by atoms with E-state index in [1.165, 1.54) is 0 Å². The van der Waals surface area contributed by atoms with E-state index in [0.29, 0.717) is 4.48 Å². The van der Waals surface area contributed by atoms with Gasteiger partial charge in [-0.15, -0.1) is 0 Å². The minimum absolute atomic E-state index is 0.0561. The summed E-state index contributed by atoms with van der Waals surface area (Å²) in [5, 5.41) is 9.69. The first-order chi connectivity index (χ1) is 11.7. The van der Waals surface area contributed by atoms with E-state index >= 15 is 0 Å². The zero-order chi connectivity index (χ0) is 21.9. The van der Waals surface area contributed by atoms with Crippen molar-refractivity contribution in [2.24, 2.45) is 5.92 Å². The van der Waals surface area contributed by atoms with Crippen LogP contribution in [0.3, 0.4) is 0 Å². The number of hydrogen-bond acceptors (Lipinski definition) is 2. The molecule has 0 amide bonds. The summed E-state index contributed by atoms with van der Waals surface area (Å²) in [5.41, 5.74) is -5.95. The lowest BCUT2D eigenvalue weighted by molar-refractivity contribution is -0.873. The summed E-state index contributed by atoms with van der Waals surface area (Å²) >= 11 is 0.743. The summed E-state index contributed by atoms with van der Waals surface area (Å²) in [7, 11) is 5.22. The van der Waals surface area contributed by atoms with Crippen molar-refractivity contribution in [3.05, 3.63) is 0 Å². The second kappa shape index (κ2) is 8.93. The summed E-state index contributed by atoms with van der Waals surface area (Å²) < 4.78 is 128. The van der Waals surface area contributed by atoms with Crippen LogP contribution >= 0.6 is 11.8 Å². The number of thioether (sulfide) groups is 1. The van der Waals surface area contributed by atoms with E-state index < -0.39 is 54.8 Å². The van der Waals surface area contributed by atoms with E-state index in [-0.39, 0.29) is 12.3 Å². The maximum absolute atomic E-state index is 13.6. The number of alkyl halides is 10. The molecule has 0 heterocycles. The van der Waals surface area contributed by atoms with Gasteiger partial charge >= 0.3 is 18.5 Å². The van der Waals surface area contributed by atoms with Crippen LogP contribution in [0.1, 0.15) is 12.8 Å². The Bertz CT molecular complexity index is 441. The van der Waals surface area contributed by atoms with Crippen LogP contribution in [-0.2, 0) is 0 Å². The summed E-state index contributed by atoms with van der Waals surface area (Å²) in [6, 6.07) is 0. The SMILES string of the molecule is C[N+](C)(C)CC(O)CSCCC(CC(F)(C(F)(F)F)C(F)(F)F)C(F)(F)F. The number of halogens is 10. The molecule has 1 N–H and O–H groups in total. The largest absolute Gasteiger partial charge is 0.431 e. The minimum Gasteiger partial charge on any atom is -0.386 e. The molecule has 0 saturated heterocycles. The Balaban J connectivity index is 5.02. The van der Waals surface area contributed by atoms with Gasteiger partial charge in [-0.2, -0.15) is 51.3 Å². The molecule has 0 radical (unpaired) electrons. The summed E-state index contributed by atoms with van der Waals surface area (Å²) in [6.07, 6.45) is -23.3. The van der Waals surface area contributed by atoms with Gasteiger partial charge in [0.25, 0.3) is 5.67 Å². The van der Waals surface area contributed by atoms with Crippen molar-refractivity contribution in [3.8, 4) is 0 Å². The number of hydrogen-bond donors (Lipinski definition) is 1. The molecule has 0 bridgehead atoms. The molecule has 164 valence electrons. The highest BCUT2D eigenvalue weighted by atomic mass is 32.2. The van der Waals surface area contributed by atoms with Crippen LogP contribution in [0.2, 0.25) is 0 Å². The Morgan fingerprint density at radius 2 is 1.30 bits per heavy atom. The van der Waals surface area contributed by atoms with Crippen molar-refractivity contribution >= 4 is 11.8 Å². The molecule has 0 fully saturated rings. The quantitative estimate of drug-likeness (QED) is 0.321. The van der Waals surface area contributed by atoms with Gasteiger partial charge in [-0.1, -0.05) is 0 Å². The van der Waals surface area contributed by atoms with E-state index in [4.69, 9.17) is 0 Å². The Morgan fingerprint density at radius 1 is 0.852 bits per heavy atom. The van der Waals surface area contributed by atoms with Crippen LogP contribution < -0.4 is 0 Å². The highest BCUT2D eigenvalue weighted by Gasteiger charge is 2.73. The van der Waals surface area contributed by atoms with E-state index in [0.717, 1.165) is 11.8 Å². The standard InChI is InChI=1S/C14H22F10NOS/c1-25(2,3)7-10(26)8-27-5-4-9(12(16,17)18)6-11(15,13(19,20)21)14(22,23)24/h9-10,26H,4-8H2,1-3H3/q+1. The van der Waals surface area contributed by atoms with Crippen molar-refractivity contribution in [2.75, 3.05) is 39.2 Å². The molecule has 13 heteroatoms. The average molecular weight is 442 g/mol. The van der Waals surface area contributed by atoms with Crippen molar-refractivity contribution in [3.63, 3.8) is 0 Å². The van der Waals surface area contributed by atoms with Crippen LogP contribution in [0.5, 0.6) is 0 Å². The molecule has 0 aromatic rings. The van der Waals surface area contributed by atoms with Crippen molar-refractivity contribution in [1.29, 1.82) is 0 Å². The molecule has 0 aliphatic heterocycles. The molecule has 2 atom stereocenters. The fourth-order valence-electron chi connectivity index (χ4n) is 2.24. The number of aliphatic hydroxyl groups is 1. The molecule has 0 aliphatic rings. The highest BCUT2D eigenvalue weighted by molar-refractivity contribution is 7.99. The lowest BCUT2D eigenvalue weighted by Crippen LogP contribution is -2.55. The van der Waals surface area contributed by atoms with Gasteiger partial charge in [-0.05, 0) is 12.2 Å². The van der Waals surface area contributed by atoms with Gasteiger partial charge in [0.15, 0.2) is 0 Å². The molecular formula is C14H22F10NOS+. The van der Waals surface area contributed by atoms with E-state index in [1.807, 2.05) is 0 Å². The summed E-state index contributed by atoms with van der Waals surface area (Å²) in [5.74, 6) is -3.67. The maximum atomic E-state index is 13.6. The van der Waals surface area contributed by atoms with E-state index in [2.05, 4.69) is 0 Å². The summed E-state index contributed by atoms with van der Waals surface area (Å²) in [4.78, 5) is 0. The number of nitrogens with zero attached hydrogens (tertiary/aromatic N) is 1. The van der Waals surface area contributed by atoms with Crippen LogP contribution in [-0.4, -0.2) is 79.1 Å². The molecule has 0 rings (SSSR count). The third kappa shape index (κ3) is 8.63. The predicted molar refractivity (Wildman–Crippen MR) is 81.0 cm³/mol. The second-order valence-electron chi connectivity index (χ2n) is 7.23. The van der Waals surface area contributed by atoms with Crippen LogP contribution in [0, 0.1) is 5.92 Å². The first-order valence-electron chi connectivity index (χ1n) is 7.66. The van der Waals surface area contributed by atoms with Crippen LogP contribution in [0.15, 0.2) is 0 Å². The monoisotopic (exact) mass is 442 g/mol. The van der Waals surface area contributed by atoms with Crippen LogP contribution in [0.4, 0.5) is 43.9 Å². The number of rotatable bonds is 9. The highest BCUT2D eigenvalue weighted by Crippen LogP contribution is 2.52. The van der Waals surface area contributed by atoms with Gasteiger partial charge in [0.05, 0.1) is 27.1 Å². The third-order valence-electron chi connectivity index (χ3n) is 3.57. The van der Waals surface area contributed by atoms with Crippen molar-refractivity contribution in [1.82, 2.24) is 0 Å². The number of quaternary nitrogens is 1. The maximum Gasteiger partial charge on any atom is 0.431 e. The molecule has 0 aromatic heterocycles. The summed E-state index contributed by atoms with van der Waals surface area (Å²) in [6.45, 7) is 0.242. The normalized spacial score (nSPS) is 17.1. The third-order valence-corrected chi connectivity index (χ3v) is 4.71. The number of likely N-dealkylation sites (N-methyl/N-ethyl adjacent to an activating group) is 1. The Morgan fingerprint density at radius 3 is 1.63 bits per heavy atom. The zero-order valence-corrected chi connectivity index (χ0v) is 15.6. The lowest BCUT2D eigenvalue weighted by Gasteiger charge is -2.33. The van der Waals surface area contributed by atoms with Gasteiger partial charge in [0.1, 0.15) is 12.6 Å². The Hall–Kier alpha value is -0.430. The lowest BCUT2D eigenvalue weighted by atomic mass is 9.88. The Kier molecular flexibility index (Phi) is 8.79. The average Bonchev–Trinajstić information content (AvgIpc) is 2.35. The van der Waals surface area contributed by atoms with Gasteiger partial charge < -0.3 is 9.59 Å². The molecular weight excluding hydrogens is 420 g/mol.